The van der Waals surface area contributed by atoms with Gasteiger partial charge < -0.3 is 4.74 Å². The van der Waals surface area contributed by atoms with Gasteiger partial charge in [0.1, 0.15) is 12.2 Å². The average molecular weight is 410 g/mol. The van der Waals surface area contributed by atoms with Crippen molar-refractivity contribution in [1.82, 2.24) is 9.97 Å². The van der Waals surface area contributed by atoms with Crippen molar-refractivity contribution >= 4 is 15.8 Å². The van der Waals surface area contributed by atoms with Crippen LogP contribution >= 0.6 is 0 Å². The number of aryl methyl sites for hydroxylation is 3. The van der Waals surface area contributed by atoms with Gasteiger partial charge in [-0.05, 0) is 31.9 Å². The van der Waals surface area contributed by atoms with Gasteiger partial charge in [0, 0.05) is 18.0 Å². The Morgan fingerprint density at radius 3 is 2.31 bits per heavy atom. The molecule has 6 nitrogen and oxygen atoms in total. The molecule has 0 radical (unpaired) electrons. The number of nitrogens with zero attached hydrogens (tertiary/aromatic N) is 2. The van der Waals surface area contributed by atoms with E-state index >= 15 is 0 Å². The summed E-state index contributed by atoms with van der Waals surface area (Å²) in [5.74, 6) is -0.609. The molecule has 0 aliphatic rings. The predicted molar refractivity (Wildman–Crippen MR) is 110 cm³/mol. The SMILES string of the molecule is Cc1cc(C)cc(COC(=O)c2cnc(S(C)(=O)=O)nc2-c2ccccc2C)c1. The number of hydrogen-bond acceptors (Lipinski definition) is 6. The molecule has 0 atom stereocenters. The molecule has 0 fully saturated rings. The standard InChI is InChI=1S/C22H22N2O4S/c1-14-9-15(2)11-17(10-14)13-28-21(25)19-12-23-22(29(4,26)27)24-20(19)18-8-6-5-7-16(18)3/h5-12H,13H2,1-4H3. The van der Waals surface area contributed by atoms with Gasteiger partial charge in [-0.25, -0.2) is 23.2 Å². The van der Waals surface area contributed by atoms with Crippen LogP contribution in [0, 0.1) is 20.8 Å². The molecule has 0 unspecified atom stereocenters. The summed E-state index contributed by atoms with van der Waals surface area (Å²) < 4.78 is 29.3. The molecular formula is C22H22N2O4S. The molecule has 0 N–H and O–H groups in total. The second-order valence-electron chi connectivity index (χ2n) is 7.07. The van der Waals surface area contributed by atoms with Crippen LogP contribution < -0.4 is 0 Å². The van der Waals surface area contributed by atoms with Crippen molar-refractivity contribution in [3.05, 3.63) is 76.5 Å². The number of aromatic nitrogens is 2. The quantitative estimate of drug-likeness (QED) is 0.469. The summed E-state index contributed by atoms with van der Waals surface area (Å²) in [5.41, 5.74) is 4.91. The van der Waals surface area contributed by atoms with Crippen molar-refractivity contribution in [3.63, 3.8) is 0 Å². The zero-order chi connectivity index (χ0) is 21.2. The summed E-state index contributed by atoms with van der Waals surface area (Å²) in [6, 6.07) is 13.2. The zero-order valence-corrected chi connectivity index (χ0v) is 17.6. The maximum atomic E-state index is 12.8. The topological polar surface area (TPSA) is 86.2 Å². The third-order valence-corrected chi connectivity index (χ3v) is 5.23. The first-order valence-corrected chi connectivity index (χ1v) is 10.9. The number of rotatable bonds is 5. The number of carbonyl (C=O) groups is 1. The Morgan fingerprint density at radius 1 is 1.03 bits per heavy atom. The lowest BCUT2D eigenvalue weighted by Gasteiger charge is -2.12. The van der Waals surface area contributed by atoms with Gasteiger partial charge in [0.2, 0.25) is 15.0 Å². The van der Waals surface area contributed by atoms with Crippen molar-refractivity contribution in [3.8, 4) is 11.3 Å². The van der Waals surface area contributed by atoms with Crippen LogP contribution in [0.5, 0.6) is 0 Å². The minimum Gasteiger partial charge on any atom is -0.457 e. The fourth-order valence-corrected chi connectivity index (χ4v) is 3.62. The molecule has 2 aromatic carbocycles. The number of ether oxygens (including phenoxy) is 1. The van der Waals surface area contributed by atoms with Crippen molar-refractivity contribution < 1.29 is 17.9 Å². The van der Waals surface area contributed by atoms with Gasteiger partial charge in [-0.1, -0.05) is 53.6 Å². The summed E-state index contributed by atoms with van der Waals surface area (Å²) in [4.78, 5) is 20.9. The van der Waals surface area contributed by atoms with Crippen LogP contribution in [0.15, 0.2) is 53.8 Å². The summed E-state index contributed by atoms with van der Waals surface area (Å²) >= 11 is 0. The largest absolute Gasteiger partial charge is 0.457 e. The minimum atomic E-state index is -3.63. The van der Waals surface area contributed by atoms with Crippen molar-refractivity contribution in [2.24, 2.45) is 0 Å². The molecule has 0 bridgehead atoms. The summed E-state index contributed by atoms with van der Waals surface area (Å²) in [7, 11) is -3.63. The third-order valence-electron chi connectivity index (χ3n) is 4.37. The Kier molecular flexibility index (Phi) is 5.79. The first-order valence-electron chi connectivity index (χ1n) is 9.02. The monoisotopic (exact) mass is 410 g/mol. The second kappa shape index (κ2) is 8.13. The minimum absolute atomic E-state index is 0.0996. The number of benzene rings is 2. The van der Waals surface area contributed by atoms with Gasteiger partial charge in [-0.3, -0.25) is 0 Å². The Hall–Kier alpha value is -3.06. The number of sulfone groups is 1. The van der Waals surface area contributed by atoms with E-state index in [1.54, 1.807) is 12.1 Å². The van der Waals surface area contributed by atoms with Crippen molar-refractivity contribution in [1.29, 1.82) is 0 Å². The van der Waals surface area contributed by atoms with Crippen LogP contribution in [0.3, 0.4) is 0 Å². The molecule has 0 aliphatic heterocycles. The highest BCUT2D eigenvalue weighted by atomic mass is 32.2. The Balaban J connectivity index is 1.99. The number of carbonyl (C=O) groups excluding carboxylic acids is 1. The van der Waals surface area contributed by atoms with Gasteiger partial charge in [-0.2, -0.15) is 0 Å². The molecule has 29 heavy (non-hydrogen) atoms. The van der Waals surface area contributed by atoms with Crippen molar-refractivity contribution in [2.45, 2.75) is 32.5 Å². The predicted octanol–water partition coefficient (Wildman–Crippen LogP) is 3.83. The third kappa shape index (κ3) is 4.86. The highest BCUT2D eigenvalue weighted by Crippen LogP contribution is 2.26. The lowest BCUT2D eigenvalue weighted by atomic mass is 10.0. The van der Waals surface area contributed by atoms with E-state index in [0.29, 0.717) is 5.56 Å². The van der Waals surface area contributed by atoms with Crippen LogP contribution in [0.1, 0.15) is 32.6 Å². The van der Waals surface area contributed by atoms with Gasteiger partial charge in [-0.15, -0.1) is 0 Å². The fraction of sp³-hybridized carbons (Fsp3) is 0.227. The van der Waals surface area contributed by atoms with E-state index in [1.165, 1.54) is 6.20 Å². The van der Waals surface area contributed by atoms with E-state index in [9.17, 15) is 13.2 Å². The van der Waals surface area contributed by atoms with Crippen molar-refractivity contribution in [2.75, 3.05) is 6.26 Å². The molecule has 7 heteroatoms. The average Bonchev–Trinajstić information content (AvgIpc) is 2.64. The summed E-state index contributed by atoms with van der Waals surface area (Å²) in [6.45, 7) is 5.92. The van der Waals surface area contributed by atoms with Crippen LogP contribution in [-0.4, -0.2) is 30.6 Å². The lowest BCUT2D eigenvalue weighted by Crippen LogP contribution is -2.13. The van der Waals surface area contributed by atoms with E-state index in [2.05, 4.69) is 9.97 Å². The van der Waals surface area contributed by atoms with Gasteiger partial charge >= 0.3 is 5.97 Å². The Morgan fingerprint density at radius 2 is 1.69 bits per heavy atom. The second-order valence-corrected chi connectivity index (χ2v) is 8.98. The first-order chi connectivity index (χ1) is 13.6. The molecule has 1 heterocycles. The highest BCUT2D eigenvalue weighted by molar-refractivity contribution is 7.90. The number of hydrogen-bond donors (Lipinski definition) is 0. The molecule has 3 aromatic rings. The van der Waals surface area contributed by atoms with Gasteiger partial charge in [0.15, 0.2) is 0 Å². The maximum absolute atomic E-state index is 12.8. The van der Waals surface area contributed by atoms with E-state index in [1.807, 2.05) is 51.1 Å². The first kappa shape index (κ1) is 20.7. The van der Waals surface area contributed by atoms with E-state index in [-0.39, 0.29) is 23.0 Å². The van der Waals surface area contributed by atoms with Gasteiger partial charge in [0.05, 0.1) is 5.69 Å². The molecule has 3 rings (SSSR count). The summed E-state index contributed by atoms with van der Waals surface area (Å²) in [6.07, 6.45) is 2.25. The molecule has 0 aliphatic carbocycles. The lowest BCUT2D eigenvalue weighted by molar-refractivity contribution is 0.0472. The molecule has 150 valence electrons. The van der Waals surface area contributed by atoms with Crippen LogP contribution in [-0.2, 0) is 21.2 Å². The molecular weight excluding hydrogens is 388 g/mol. The smallest absolute Gasteiger partial charge is 0.342 e. The molecule has 0 saturated heterocycles. The Bertz CT molecular complexity index is 1170. The molecule has 0 spiro atoms. The summed E-state index contributed by atoms with van der Waals surface area (Å²) in [5, 5.41) is -0.332. The molecule has 0 amide bonds. The van der Waals surface area contributed by atoms with Crippen LogP contribution in [0.25, 0.3) is 11.3 Å². The number of esters is 1. The molecule has 0 saturated carbocycles. The van der Waals surface area contributed by atoms with E-state index in [0.717, 1.165) is 28.5 Å². The molecule has 1 aromatic heterocycles. The maximum Gasteiger partial charge on any atom is 0.342 e. The fourth-order valence-electron chi connectivity index (χ4n) is 3.12. The van der Waals surface area contributed by atoms with E-state index in [4.69, 9.17) is 4.74 Å². The highest BCUT2D eigenvalue weighted by Gasteiger charge is 2.22. The van der Waals surface area contributed by atoms with Crippen LogP contribution in [0.4, 0.5) is 0 Å². The zero-order valence-electron chi connectivity index (χ0n) is 16.8. The normalized spacial score (nSPS) is 11.3. The Labute approximate surface area is 170 Å². The van der Waals surface area contributed by atoms with Crippen LogP contribution in [0.2, 0.25) is 0 Å². The van der Waals surface area contributed by atoms with Gasteiger partial charge in [0.25, 0.3) is 0 Å². The van der Waals surface area contributed by atoms with E-state index < -0.39 is 15.8 Å².